The summed E-state index contributed by atoms with van der Waals surface area (Å²) < 4.78 is 0. The van der Waals surface area contributed by atoms with Gasteiger partial charge in [0.15, 0.2) is 0 Å². The fraction of sp³-hybridized carbons (Fsp3) is 0.850. The van der Waals surface area contributed by atoms with Gasteiger partial charge in [0.05, 0.1) is 12.0 Å². The Hall–Kier alpha value is 0.410. The normalized spacial score (nSPS) is 11.0. The fourth-order valence-corrected chi connectivity index (χ4v) is 2.93. The van der Waals surface area contributed by atoms with Crippen LogP contribution in [0.15, 0.2) is 0 Å². The molecule has 0 aromatic heterocycles. The number of amides is 1. The van der Waals surface area contributed by atoms with E-state index in [4.69, 9.17) is 0 Å². The molecule has 152 valence electrons. The Balaban J connectivity index is -0.00000312. The summed E-state index contributed by atoms with van der Waals surface area (Å²) in [5.74, 6) is -3.59. The first-order chi connectivity index (χ1) is 12.5. The van der Waals surface area contributed by atoms with Crippen LogP contribution in [0.4, 0.5) is 0 Å². The van der Waals surface area contributed by atoms with E-state index in [0.29, 0.717) is 6.42 Å². The Morgan fingerprint density at radius 3 is 1.46 bits per heavy atom. The average Bonchev–Trinajstić information content (AvgIpc) is 2.58. The smallest absolute Gasteiger partial charge is 0.550 e. The molecule has 28 heavy (non-hydrogen) atoms. The van der Waals surface area contributed by atoms with Gasteiger partial charge in [0.2, 0.25) is 5.91 Å². The molecule has 0 aliphatic rings. The van der Waals surface area contributed by atoms with Gasteiger partial charge < -0.3 is 25.1 Å². The van der Waals surface area contributed by atoms with Crippen LogP contribution in [-0.4, -0.2) is 23.9 Å². The number of aliphatic carboxylic acids is 2. The Labute approximate surface area is 214 Å². The number of carboxylic acid groups (broad SMARTS) is 2. The maximum atomic E-state index is 11.6. The van der Waals surface area contributed by atoms with Crippen molar-refractivity contribution in [3.63, 3.8) is 0 Å². The van der Waals surface area contributed by atoms with Gasteiger partial charge in [-0.2, -0.15) is 0 Å². The van der Waals surface area contributed by atoms with E-state index in [0.717, 1.165) is 19.3 Å². The van der Waals surface area contributed by atoms with E-state index in [1.165, 1.54) is 57.8 Å². The van der Waals surface area contributed by atoms with Gasteiger partial charge in [-0.05, 0) is 6.42 Å². The molecular weight excluding hydrogens is 380 g/mol. The van der Waals surface area contributed by atoms with Crippen molar-refractivity contribution < 1.29 is 83.7 Å². The molecule has 0 bridgehead atoms. The van der Waals surface area contributed by atoms with Crippen LogP contribution in [0, 0.1) is 0 Å². The Morgan fingerprint density at radius 1 is 0.714 bits per heavy atom. The largest absolute Gasteiger partial charge is 1.00 e. The number of unbranched alkanes of at least 4 members (excludes halogenated alkanes) is 12. The zero-order valence-corrected chi connectivity index (χ0v) is 22.2. The van der Waals surface area contributed by atoms with Gasteiger partial charge in [0.25, 0.3) is 0 Å². The van der Waals surface area contributed by atoms with Crippen LogP contribution in [0.3, 0.4) is 0 Å². The molecule has 0 heterocycles. The molecule has 8 heteroatoms. The molecule has 0 aromatic carbocycles. The van der Waals surface area contributed by atoms with Gasteiger partial charge in [0.1, 0.15) is 0 Å². The molecule has 0 fully saturated rings. The summed E-state index contributed by atoms with van der Waals surface area (Å²) in [7, 11) is 0. The zero-order chi connectivity index (χ0) is 19.6. The summed E-state index contributed by atoms with van der Waals surface area (Å²) in [5.41, 5.74) is 0. The number of nitrogens with one attached hydrogen (secondary N) is 1. The molecule has 0 aliphatic heterocycles. The van der Waals surface area contributed by atoms with Gasteiger partial charge in [-0.1, -0.05) is 84.0 Å². The van der Waals surface area contributed by atoms with Gasteiger partial charge in [-0.15, -0.1) is 0 Å². The van der Waals surface area contributed by atoms with Crippen molar-refractivity contribution >= 4 is 17.8 Å². The second-order valence-corrected chi connectivity index (χ2v) is 7.01. The van der Waals surface area contributed by atoms with E-state index >= 15 is 0 Å². The van der Waals surface area contributed by atoms with E-state index in [9.17, 15) is 24.6 Å². The van der Waals surface area contributed by atoms with Crippen LogP contribution in [0.25, 0.3) is 0 Å². The predicted molar refractivity (Wildman–Crippen MR) is 96.9 cm³/mol. The number of rotatable bonds is 18. The van der Waals surface area contributed by atoms with Crippen LogP contribution < -0.4 is 74.6 Å². The van der Waals surface area contributed by atoms with E-state index in [-0.39, 0.29) is 65.5 Å². The van der Waals surface area contributed by atoms with Gasteiger partial charge in [-0.25, -0.2) is 0 Å². The molecule has 0 saturated heterocycles. The topological polar surface area (TPSA) is 109 Å². The number of carbonyl (C=O) groups is 3. The molecule has 1 atom stereocenters. The molecule has 0 saturated carbocycles. The van der Waals surface area contributed by atoms with Crippen LogP contribution >= 0.6 is 0 Å². The summed E-state index contributed by atoms with van der Waals surface area (Å²) in [6, 6.07) is -1.52. The van der Waals surface area contributed by atoms with Crippen LogP contribution in [0.2, 0.25) is 0 Å². The molecule has 0 aliphatic carbocycles. The van der Waals surface area contributed by atoms with Gasteiger partial charge in [0, 0.05) is 18.8 Å². The van der Waals surface area contributed by atoms with E-state index in [1.54, 1.807) is 0 Å². The molecule has 1 unspecified atom stereocenters. The Morgan fingerprint density at radius 2 is 1.11 bits per heavy atom. The maximum Gasteiger partial charge on any atom is 1.00 e. The zero-order valence-electron chi connectivity index (χ0n) is 18.2. The van der Waals surface area contributed by atoms with Crippen molar-refractivity contribution in [3.8, 4) is 0 Å². The number of carboxylic acids is 2. The first-order valence-corrected chi connectivity index (χ1v) is 10.2. The predicted octanol–water partition coefficient (Wildman–Crippen LogP) is -4.15. The Bertz CT molecular complexity index is 408. The van der Waals surface area contributed by atoms with Gasteiger partial charge in [-0.3, -0.25) is 4.79 Å². The summed E-state index contributed by atoms with van der Waals surface area (Å²) in [6.45, 7) is 2.23. The van der Waals surface area contributed by atoms with Crippen molar-refractivity contribution in [3.05, 3.63) is 0 Å². The van der Waals surface area contributed by atoms with Crippen molar-refractivity contribution in [1.82, 2.24) is 5.32 Å². The standard InChI is InChI=1S/C20H37NO5.2Na/c1-2-3-4-5-6-7-8-9-10-11-12-13-14-15-18(22)21-17(20(25)26)16-19(23)24;;/h17H,2-16H2,1H3,(H,21,22)(H,23,24)(H,25,26);;/q;2*+1/p-2. The molecule has 1 amide bonds. The minimum absolute atomic E-state index is 0. The van der Waals surface area contributed by atoms with Crippen LogP contribution in [0.1, 0.15) is 103 Å². The van der Waals surface area contributed by atoms with Crippen LogP contribution in [0.5, 0.6) is 0 Å². The van der Waals surface area contributed by atoms with E-state index in [2.05, 4.69) is 12.2 Å². The number of carbonyl (C=O) groups excluding carboxylic acids is 3. The molecule has 6 nitrogen and oxygen atoms in total. The summed E-state index contributed by atoms with van der Waals surface area (Å²) in [5, 5.41) is 23.3. The second kappa shape index (κ2) is 23.7. The van der Waals surface area contributed by atoms with E-state index < -0.39 is 30.3 Å². The molecule has 0 radical (unpaired) electrons. The van der Waals surface area contributed by atoms with Gasteiger partial charge >= 0.3 is 59.1 Å². The third kappa shape index (κ3) is 22.7. The summed E-state index contributed by atoms with van der Waals surface area (Å²) in [6.07, 6.45) is 15.1. The van der Waals surface area contributed by atoms with Crippen molar-refractivity contribution in [2.24, 2.45) is 0 Å². The summed E-state index contributed by atoms with van der Waals surface area (Å²) >= 11 is 0. The van der Waals surface area contributed by atoms with E-state index in [1.807, 2.05) is 0 Å². The number of hydrogen-bond acceptors (Lipinski definition) is 5. The SMILES string of the molecule is CCCCCCCCCCCCCCCC(=O)NC(CC(=O)[O-])C(=O)[O-].[Na+].[Na+]. The third-order valence-electron chi connectivity index (χ3n) is 4.50. The van der Waals surface area contributed by atoms with Crippen LogP contribution in [-0.2, 0) is 14.4 Å². The minimum atomic E-state index is -1.60. The average molecular weight is 415 g/mol. The molecule has 1 N–H and O–H groups in total. The van der Waals surface area contributed by atoms with Crippen molar-refractivity contribution in [2.45, 2.75) is 109 Å². The molecule has 0 spiro atoms. The minimum Gasteiger partial charge on any atom is -0.550 e. The molecule has 0 rings (SSSR count). The fourth-order valence-electron chi connectivity index (χ4n) is 2.93. The monoisotopic (exact) mass is 415 g/mol. The molecule has 0 aromatic rings. The van der Waals surface area contributed by atoms with Crippen molar-refractivity contribution in [2.75, 3.05) is 0 Å². The molecular formula is C20H35NNa2O5. The number of hydrogen-bond donors (Lipinski definition) is 1. The summed E-state index contributed by atoms with van der Waals surface area (Å²) in [4.78, 5) is 32.8. The Kier molecular flexibility index (Phi) is 28.0. The van der Waals surface area contributed by atoms with Crippen molar-refractivity contribution in [1.29, 1.82) is 0 Å². The quantitative estimate of drug-likeness (QED) is 0.181. The first kappa shape index (κ1) is 33.1. The second-order valence-electron chi connectivity index (χ2n) is 7.01. The third-order valence-corrected chi connectivity index (χ3v) is 4.50. The maximum absolute atomic E-state index is 11.6. The first-order valence-electron chi connectivity index (χ1n) is 10.2.